The first kappa shape index (κ1) is 23.9. The van der Waals surface area contributed by atoms with Crippen LogP contribution in [-0.2, 0) is 16.0 Å². The van der Waals surface area contributed by atoms with Gasteiger partial charge in [-0.25, -0.2) is 0 Å². The van der Waals surface area contributed by atoms with E-state index in [-0.39, 0.29) is 29.7 Å². The predicted molar refractivity (Wildman–Crippen MR) is 144 cm³/mol. The molecular formula is C29H35N3O2S. The van der Waals surface area contributed by atoms with Gasteiger partial charge < -0.3 is 15.5 Å². The Balaban J connectivity index is 1.49. The molecule has 0 spiro atoms. The molecule has 0 saturated carbocycles. The highest BCUT2D eigenvalue weighted by atomic mass is 32.1. The van der Waals surface area contributed by atoms with Gasteiger partial charge in [0.05, 0.1) is 24.0 Å². The summed E-state index contributed by atoms with van der Waals surface area (Å²) in [6, 6.07) is 12.2. The fraction of sp³-hybridized carbons (Fsp3) is 0.448. The molecule has 5 nitrogen and oxygen atoms in total. The summed E-state index contributed by atoms with van der Waals surface area (Å²) in [4.78, 5) is 30.4. The van der Waals surface area contributed by atoms with Crippen molar-refractivity contribution in [3.05, 3.63) is 70.1 Å². The number of allylic oxidation sites excluding steroid dienone is 3. The number of ketones is 1. The SMILES string of the molecule is CC1(C)CC(=O)C2=C(C1)Nc1ccccc1N(CC(=O)NCCc1cccs1)C2C1CC=CCC1. The molecule has 0 fully saturated rings. The second-order valence-electron chi connectivity index (χ2n) is 10.8. The van der Waals surface area contributed by atoms with Gasteiger partial charge in [-0.05, 0) is 67.0 Å². The quantitative estimate of drug-likeness (QED) is 0.511. The van der Waals surface area contributed by atoms with Crippen molar-refractivity contribution in [3.8, 4) is 0 Å². The summed E-state index contributed by atoms with van der Waals surface area (Å²) in [7, 11) is 0. The Kier molecular flexibility index (Phi) is 6.83. The fourth-order valence-electron chi connectivity index (χ4n) is 5.86. The number of hydrogen-bond donors (Lipinski definition) is 2. The van der Waals surface area contributed by atoms with E-state index in [1.54, 1.807) is 11.3 Å². The number of nitrogens with zero attached hydrogens (tertiary/aromatic N) is 1. The first-order valence-electron chi connectivity index (χ1n) is 12.7. The molecule has 2 N–H and O–H groups in total. The number of thiophene rings is 1. The molecule has 35 heavy (non-hydrogen) atoms. The number of rotatable bonds is 6. The van der Waals surface area contributed by atoms with E-state index in [4.69, 9.17) is 0 Å². The molecule has 1 amide bonds. The molecule has 6 heteroatoms. The monoisotopic (exact) mass is 489 g/mol. The number of benzene rings is 1. The van der Waals surface area contributed by atoms with Gasteiger partial charge in [0.15, 0.2) is 5.78 Å². The highest BCUT2D eigenvalue weighted by Crippen LogP contribution is 2.46. The van der Waals surface area contributed by atoms with Crippen molar-refractivity contribution in [2.24, 2.45) is 11.3 Å². The minimum absolute atomic E-state index is 0.000323. The van der Waals surface area contributed by atoms with Crippen LogP contribution in [-0.4, -0.2) is 30.8 Å². The van der Waals surface area contributed by atoms with Gasteiger partial charge in [0.25, 0.3) is 0 Å². The lowest BCUT2D eigenvalue weighted by atomic mass is 9.71. The molecule has 1 aliphatic heterocycles. The lowest BCUT2D eigenvalue weighted by Gasteiger charge is -2.41. The summed E-state index contributed by atoms with van der Waals surface area (Å²) in [5.74, 6) is 0.515. The zero-order chi connectivity index (χ0) is 24.4. The van der Waals surface area contributed by atoms with Crippen molar-refractivity contribution in [2.75, 3.05) is 23.3 Å². The van der Waals surface area contributed by atoms with Gasteiger partial charge in [-0.3, -0.25) is 9.59 Å². The number of fused-ring (bicyclic) bond motifs is 1. The van der Waals surface area contributed by atoms with Crippen LogP contribution in [0.15, 0.2) is 65.2 Å². The highest BCUT2D eigenvalue weighted by molar-refractivity contribution is 7.09. The zero-order valence-electron chi connectivity index (χ0n) is 20.7. The van der Waals surface area contributed by atoms with Crippen molar-refractivity contribution in [1.29, 1.82) is 0 Å². The normalized spacial score (nSPS) is 23.3. The molecule has 0 saturated heterocycles. The first-order valence-corrected chi connectivity index (χ1v) is 13.6. The van der Waals surface area contributed by atoms with E-state index in [9.17, 15) is 9.59 Å². The maximum atomic E-state index is 13.7. The molecule has 3 aliphatic rings. The van der Waals surface area contributed by atoms with Crippen molar-refractivity contribution >= 4 is 34.4 Å². The summed E-state index contributed by atoms with van der Waals surface area (Å²) in [6.07, 6.45) is 9.66. The number of nitrogens with one attached hydrogen (secondary N) is 2. The Morgan fingerprint density at radius 1 is 1.17 bits per heavy atom. The van der Waals surface area contributed by atoms with Gasteiger partial charge >= 0.3 is 0 Å². The average molecular weight is 490 g/mol. The maximum Gasteiger partial charge on any atom is 0.239 e. The summed E-state index contributed by atoms with van der Waals surface area (Å²) < 4.78 is 0. The zero-order valence-corrected chi connectivity index (χ0v) is 21.5. The second-order valence-corrected chi connectivity index (χ2v) is 11.8. The Morgan fingerprint density at radius 2 is 2.03 bits per heavy atom. The fourth-order valence-corrected chi connectivity index (χ4v) is 6.56. The number of hydrogen-bond acceptors (Lipinski definition) is 5. The average Bonchev–Trinajstić information content (AvgIpc) is 3.30. The molecule has 5 rings (SSSR count). The van der Waals surface area contributed by atoms with Crippen LogP contribution in [0.25, 0.3) is 0 Å². The molecule has 1 aromatic carbocycles. The van der Waals surface area contributed by atoms with Crippen LogP contribution in [0.5, 0.6) is 0 Å². The number of carbonyl (C=O) groups excluding carboxylic acids is 2. The lowest BCUT2D eigenvalue weighted by Crippen LogP contribution is -2.50. The second kappa shape index (κ2) is 10.0. The molecule has 184 valence electrons. The van der Waals surface area contributed by atoms with E-state index >= 15 is 0 Å². The smallest absolute Gasteiger partial charge is 0.239 e. The number of carbonyl (C=O) groups is 2. The minimum atomic E-state index is -0.113. The summed E-state index contributed by atoms with van der Waals surface area (Å²) in [5.41, 5.74) is 3.83. The van der Waals surface area contributed by atoms with Crippen LogP contribution in [0, 0.1) is 11.3 Å². The van der Waals surface area contributed by atoms with E-state index in [0.29, 0.717) is 18.9 Å². The molecule has 1 aromatic heterocycles. The largest absolute Gasteiger partial charge is 0.357 e. The van der Waals surface area contributed by atoms with E-state index in [1.807, 2.05) is 18.2 Å². The van der Waals surface area contributed by atoms with Crippen molar-refractivity contribution in [3.63, 3.8) is 0 Å². The summed E-state index contributed by atoms with van der Waals surface area (Å²) in [6.45, 7) is 5.20. The van der Waals surface area contributed by atoms with E-state index in [1.165, 1.54) is 4.88 Å². The number of Topliss-reactive ketones (excluding diaryl/α,β-unsaturated/α-hetero) is 1. The molecule has 2 unspecified atom stereocenters. The first-order chi connectivity index (χ1) is 16.9. The van der Waals surface area contributed by atoms with Crippen LogP contribution < -0.4 is 15.5 Å². The Bertz CT molecular complexity index is 1150. The molecule has 2 aliphatic carbocycles. The summed E-state index contributed by atoms with van der Waals surface area (Å²) in [5, 5.41) is 8.84. The van der Waals surface area contributed by atoms with Crippen molar-refractivity contribution < 1.29 is 9.59 Å². The van der Waals surface area contributed by atoms with E-state index in [0.717, 1.165) is 54.7 Å². The molecular weight excluding hydrogens is 454 g/mol. The molecule has 2 heterocycles. The number of para-hydroxylation sites is 2. The van der Waals surface area contributed by atoms with Gasteiger partial charge in [-0.1, -0.05) is 44.2 Å². The van der Waals surface area contributed by atoms with Gasteiger partial charge in [0.2, 0.25) is 5.91 Å². The Labute approximate surface area is 212 Å². The third kappa shape index (κ3) is 5.22. The van der Waals surface area contributed by atoms with Gasteiger partial charge in [-0.15, -0.1) is 11.3 Å². The molecule has 2 aromatic rings. The third-order valence-electron chi connectivity index (χ3n) is 7.39. The number of amides is 1. The topological polar surface area (TPSA) is 61.4 Å². The van der Waals surface area contributed by atoms with Gasteiger partial charge in [0, 0.05) is 29.1 Å². The Hall–Kier alpha value is -2.86. The van der Waals surface area contributed by atoms with Crippen LogP contribution in [0.4, 0.5) is 11.4 Å². The van der Waals surface area contributed by atoms with E-state index < -0.39 is 0 Å². The van der Waals surface area contributed by atoms with Crippen LogP contribution in [0.2, 0.25) is 0 Å². The minimum Gasteiger partial charge on any atom is -0.357 e. The van der Waals surface area contributed by atoms with Gasteiger partial charge in [0.1, 0.15) is 0 Å². The standard InChI is InChI=1S/C29H35N3O2S/c1-29(2)17-23-27(25(33)18-29)28(20-9-4-3-5-10-20)32(24-13-7-6-12-22(24)31-23)19-26(34)30-15-14-21-11-8-16-35-21/h3-4,6-8,11-13,16,20,28,31H,5,9-10,14-15,17-19H2,1-2H3,(H,30,34). The molecule has 0 bridgehead atoms. The lowest BCUT2D eigenvalue weighted by molar-refractivity contribution is -0.120. The van der Waals surface area contributed by atoms with Crippen molar-refractivity contribution in [2.45, 2.75) is 58.4 Å². The Morgan fingerprint density at radius 3 is 2.80 bits per heavy atom. The van der Waals surface area contributed by atoms with E-state index in [2.05, 4.69) is 65.1 Å². The van der Waals surface area contributed by atoms with Crippen LogP contribution >= 0.6 is 11.3 Å². The third-order valence-corrected chi connectivity index (χ3v) is 8.33. The van der Waals surface area contributed by atoms with Crippen molar-refractivity contribution in [1.82, 2.24) is 5.32 Å². The van der Waals surface area contributed by atoms with Crippen LogP contribution in [0.3, 0.4) is 0 Å². The van der Waals surface area contributed by atoms with Crippen LogP contribution in [0.1, 0.15) is 50.8 Å². The van der Waals surface area contributed by atoms with Gasteiger partial charge in [-0.2, -0.15) is 0 Å². The highest BCUT2D eigenvalue weighted by Gasteiger charge is 2.43. The number of anilines is 2. The maximum absolute atomic E-state index is 13.7. The predicted octanol–water partition coefficient (Wildman–Crippen LogP) is 5.71. The summed E-state index contributed by atoms with van der Waals surface area (Å²) >= 11 is 1.72. The molecule has 0 radical (unpaired) electrons. The molecule has 2 atom stereocenters.